The molecule has 0 unspecified atom stereocenters. The summed E-state index contributed by atoms with van der Waals surface area (Å²) in [4.78, 5) is 10.4. The molecule has 0 aromatic heterocycles. The van der Waals surface area contributed by atoms with Crippen molar-refractivity contribution in [3.63, 3.8) is 0 Å². The van der Waals surface area contributed by atoms with Crippen LogP contribution in [0.25, 0.3) is 0 Å². The molecule has 0 bridgehead atoms. The van der Waals surface area contributed by atoms with E-state index >= 15 is 0 Å². The summed E-state index contributed by atoms with van der Waals surface area (Å²) in [6.07, 6.45) is 0.641. The lowest BCUT2D eigenvalue weighted by molar-refractivity contribution is 0.112. The van der Waals surface area contributed by atoms with Gasteiger partial charge in [0, 0.05) is 10.2 Å². The first-order valence-corrected chi connectivity index (χ1v) is 4.02. The number of carbonyl (C=O) groups excluding carboxylic acids is 1. The van der Waals surface area contributed by atoms with Gasteiger partial charge in [-0.25, -0.2) is 0 Å². The number of halogens is 2. The molecule has 0 aliphatic carbocycles. The predicted molar refractivity (Wildman–Crippen MR) is 49.0 cm³/mol. The maximum absolute atomic E-state index is 10.4. The second-order valence-electron chi connectivity index (χ2n) is 1.98. The Bertz CT molecular complexity index is 301. The fourth-order valence-electron chi connectivity index (χ4n) is 0.701. The largest absolute Gasteiger partial charge is 0.398 e. The van der Waals surface area contributed by atoms with E-state index in [1.165, 1.54) is 0 Å². The number of hydrogen-bond acceptors (Lipinski definition) is 2. The number of aldehydes is 1. The van der Waals surface area contributed by atoms with Crippen molar-refractivity contribution in [1.82, 2.24) is 0 Å². The number of carbonyl (C=O) groups is 1. The van der Waals surface area contributed by atoms with E-state index in [1.807, 2.05) is 0 Å². The molecule has 1 aromatic rings. The maximum Gasteiger partial charge on any atom is 0.153 e. The summed E-state index contributed by atoms with van der Waals surface area (Å²) in [7, 11) is 0. The van der Waals surface area contributed by atoms with Gasteiger partial charge in [-0.1, -0.05) is 11.6 Å². The summed E-state index contributed by atoms with van der Waals surface area (Å²) >= 11 is 8.92. The molecule has 0 saturated heterocycles. The number of nitrogen functional groups attached to an aromatic ring is 1. The molecule has 11 heavy (non-hydrogen) atoms. The van der Waals surface area contributed by atoms with Crippen molar-refractivity contribution in [2.75, 3.05) is 5.73 Å². The van der Waals surface area contributed by atoms with Crippen LogP contribution in [0.1, 0.15) is 10.4 Å². The van der Waals surface area contributed by atoms with Crippen LogP contribution in [0.4, 0.5) is 5.69 Å². The SMILES string of the molecule is Nc1ccc(Br)c(Cl)c1C=O. The fraction of sp³-hybridized carbons (Fsp3) is 0. The number of benzene rings is 1. The van der Waals surface area contributed by atoms with Crippen LogP contribution < -0.4 is 5.73 Å². The van der Waals surface area contributed by atoms with Gasteiger partial charge < -0.3 is 5.73 Å². The van der Waals surface area contributed by atoms with Crippen molar-refractivity contribution in [1.29, 1.82) is 0 Å². The van der Waals surface area contributed by atoms with E-state index in [9.17, 15) is 4.79 Å². The van der Waals surface area contributed by atoms with Crippen LogP contribution >= 0.6 is 27.5 Å². The number of nitrogens with two attached hydrogens (primary N) is 1. The van der Waals surface area contributed by atoms with Gasteiger partial charge in [-0.3, -0.25) is 4.79 Å². The first kappa shape index (κ1) is 8.56. The normalized spacial score (nSPS) is 9.64. The quantitative estimate of drug-likeness (QED) is 0.599. The van der Waals surface area contributed by atoms with Crippen molar-refractivity contribution in [3.8, 4) is 0 Å². The highest BCUT2D eigenvalue weighted by atomic mass is 79.9. The Kier molecular flexibility index (Phi) is 2.52. The fourth-order valence-corrected chi connectivity index (χ4v) is 1.26. The standard InChI is InChI=1S/C7H5BrClNO/c8-5-1-2-6(10)4(3-11)7(5)9/h1-3H,10H2. The Balaban J connectivity index is 3.40. The molecule has 58 valence electrons. The van der Waals surface area contributed by atoms with Gasteiger partial charge in [-0.05, 0) is 28.1 Å². The van der Waals surface area contributed by atoms with E-state index in [4.69, 9.17) is 17.3 Å². The van der Waals surface area contributed by atoms with E-state index in [2.05, 4.69) is 15.9 Å². The lowest BCUT2D eigenvalue weighted by Gasteiger charge is -2.01. The van der Waals surface area contributed by atoms with Crippen LogP contribution in [0.3, 0.4) is 0 Å². The zero-order valence-corrected chi connectivity index (χ0v) is 7.82. The van der Waals surface area contributed by atoms with Crippen LogP contribution in [0.5, 0.6) is 0 Å². The van der Waals surface area contributed by atoms with Gasteiger partial charge in [0.1, 0.15) is 0 Å². The molecule has 0 spiro atoms. The van der Waals surface area contributed by atoms with Crippen LogP contribution in [-0.4, -0.2) is 6.29 Å². The molecule has 0 radical (unpaired) electrons. The second-order valence-corrected chi connectivity index (χ2v) is 3.21. The zero-order valence-electron chi connectivity index (χ0n) is 5.47. The third-order valence-electron chi connectivity index (χ3n) is 1.28. The van der Waals surface area contributed by atoms with Crippen LogP contribution in [-0.2, 0) is 0 Å². The van der Waals surface area contributed by atoms with Gasteiger partial charge in [0.15, 0.2) is 6.29 Å². The Morgan fingerprint density at radius 1 is 1.55 bits per heavy atom. The van der Waals surface area contributed by atoms with Crippen molar-refractivity contribution in [2.24, 2.45) is 0 Å². The monoisotopic (exact) mass is 233 g/mol. The highest BCUT2D eigenvalue weighted by molar-refractivity contribution is 9.10. The molecule has 4 heteroatoms. The van der Waals surface area contributed by atoms with Gasteiger partial charge in [0.05, 0.1) is 10.6 Å². The Labute approximate surface area is 77.5 Å². The van der Waals surface area contributed by atoms with E-state index in [-0.39, 0.29) is 0 Å². The molecule has 0 fully saturated rings. The third kappa shape index (κ3) is 1.54. The highest BCUT2D eigenvalue weighted by Gasteiger charge is 2.06. The molecule has 0 heterocycles. The Morgan fingerprint density at radius 3 is 2.64 bits per heavy atom. The summed E-state index contributed by atoms with van der Waals surface area (Å²) in [6, 6.07) is 3.32. The summed E-state index contributed by atoms with van der Waals surface area (Å²) < 4.78 is 0.676. The molecular weight excluding hydrogens is 229 g/mol. The maximum atomic E-state index is 10.4. The van der Waals surface area contributed by atoms with Crippen LogP contribution in [0, 0.1) is 0 Å². The van der Waals surface area contributed by atoms with Gasteiger partial charge in [0.25, 0.3) is 0 Å². The Morgan fingerprint density at radius 2 is 2.18 bits per heavy atom. The lowest BCUT2D eigenvalue weighted by atomic mass is 10.2. The van der Waals surface area contributed by atoms with Gasteiger partial charge in [0.2, 0.25) is 0 Å². The molecule has 0 atom stereocenters. The molecule has 0 amide bonds. The summed E-state index contributed by atoms with van der Waals surface area (Å²) in [5.74, 6) is 0. The minimum Gasteiger partial charge on any atom is -0.398 e. The number of rotatable bonds is 1. The van der Waals surface area contributed by atoms with Gasteiger partial charge in [-0.2, -0.15) is 0 Å². The molecule has 0 aliphatic heterocycles. The van der Waals surface area contributed by atoms with Crippen LogP contribution in [0.2, 0.25) is 5.02 Å². The first-order valence-electron chi connectivity index (χ1n) is 2.85. The van der Waals surface area contributed by atoms with Crippen molar-refractivity contribution >= 4 is 39.5 Å². The molecule has 2 nitrogen and oxygen atoms in total. The van der Waals surface area contributed by atoms with Crippen molar-refractivity contribution in [3.05, 3.63) is 27.2 Å². The van der Waals surface area contributed by atoms with E-state index < -0.39 is 0 Å². The topological polar surface area (TPSA) is 43.1 Å². The van der Waals surface area contributed by atoms with Gasteiger partial charge >= 0.3 is 0 Å². The van der Waals surface area contributed by atoms with Crippen molar-refractivity contribution < 1.29 is 4.79 Å². The minimum atomic E-state index is 0.334. The van der Waals surface area contributed by atoms with E-state index in [0.717, 1.165) is 0 Å². The van der Waals surface area contributed by atoms with Gasteiger partial charge in [-0.15, -0.1) is 0 Å². The minimum absolute atomic E-state index is 0.334. The highest BCUT2D eigenvalue weighted by Crippen LogP contribution is 2.28. The van der Waals surface area contributed by atoms with E-state index in [1.54, 1.807) is 12.1 Å². The molecule has 1 rings (SSSR count). The summed E-state index contributed by atoms with van der Waals surface area (Å²) in [5.41, 5.74) is 6.20. The molecule has 2 N–H and O–H groups in total. The molecular formula is C7H5BrClNO. The Hall–Kier alpha value is -0.540. The average Bonchev–Trinajstić information content (AvgIpc) is 1.99. The van der Waals surface area contributed by atoms with Crippen LogP contribution in [0.15, 0.2) is 16.6 Å². The molecule has 0 saturated carbocycles. The number of hydrogen-bond donors (Lipinski definition) is 1. The smallest absolute Gasteiger partial charge is 0.153 e. The predicted octanol–water partition coefficient (Wildman–Crippen LogP) is 2.50. The zero-order chi connectivity index (χ0) is 8.43. The summed E-state index contributed by atoms with van der Waals surface area (Å²) in [6.45, 7) is 0. The molecule has 0 aliphatic rings. The number of anilines is 1. The molecule has 1 aromatic carbocycles. The second kappa shape index (κ2) is 3.24. The first-order chi connectivity index (χ1) is 5.16. The van der Waals surface area contributed by atoms with E-state index in [0.29, 0.717) is 27.0 Å². The third-order valence-corrected chi connectivity index (χ3v) is 2.58. The average molecular weight is 234 g/mol. The van der Waals surface area contributed by atoms with Crippen molar-refractivity contribution in [2.45, 2.75) is 0 Å². The summed E-state index contributed by atoms with van der Waals surface area (Å²) in [5, 5.41) is 0.361. The lowest BCUT2D eigenvalue weighted by Crippen LogP contribution is -1.93.